The largest absolute Gasteiger partial charge is 0.349 e. The van der Waals surface area contributed by atoms with Crippen molar-refractivity contribution in [1.29, 1.82) is 0 Å². The number of hydrogen-bond acceptors (Lipinski definition) is 4. The summed E-state index contributed by atoms with van der Waals surface area (Å²) in [7, 11) is 0. The number of rotatable bonds is 4. The van der Waals surface area contributed by atoms with Gasteiger partial charge in [0.15, 0.2) is 0 Å². The van der Waals surface area contributed by atoms with Gasteiger partial charge in [-0.3, -0.25) is 9.78 Å². The summed E-state index contributed by atoms with van der Waals surface area (Å²) >= 11 is 0. The fourth-order valence-corrected chi connectivity index (χ4v) is 3.82. The molecule has 1 atom stereocenters. The zero-order chi connectivity index (χ0) is 20.6. The topological polar surface area (TPSA) is 108 Å². The van der Waals surface area contributed by atoms with Gasteiger partial charge in [-0.15, -0.1) is 0 Å². The molecule has 0 radical (unpaired) electrons. The first-order valence-corrected chi connectivity index (χ1v) is 9.92. The fourth-order valence-electron chi connectivity index (χ4n) is 3.82. The van der Waals surface area contributed by atoms with Gasteiger partial charge < -0.3 is 5.32 Å². The highest BCUT2D eigenvalue weighted by atomic mass is 16.2. The molecule has 0 bridgehead atoms. The number of aromatic amines is 2. The second kappa shape index (κ2) is 7.35. The smallest absolute Gasteiger partial charge is 0.340 e. The molecule has 4 rings (SSSR count). The second-order valence-electron chi connectivity index (χ2n) is 8.57. The molecular formula is C21H26N6O2. The van der Waals surface area contributed by atoms with E-state index in [9.17, 15) is 9.59 Å². The lowest BCUT2D eigenvalue weighted by Crippen LogP contribution is -2.32. The Hall–Kier alpha value is -3.16. The van der Waals surface area contributed by atoms with Crippen LogP contribution in [0.2, 0.25) is 0 Å². The van der Waals surface area contributed by atoms with Crippen LogP contribution in [0.3, 0.4) is 0 Å². The summed E-state index contributed by atoms with van der Waals surface area (Å²) in [5, 5.41) is 13.7. The number of amides is 1. The van der Waals surface area contributed by atoms with Crippen LogP contribution in [0.25, 0.3) is 5.69 Å². The highest BCUT2D eigenvalue weighted by molar-refractivity contribution is 5.78. The lowest BCUT2D eigenvalue weighted by atomic mass is 9.87. The lowest BCUT2D eigenvalue weighted by Gasteiger charge is -2.24. The number of hydrogen-bond donors (Lipinski definition) is 3. The van der Waals surface area contributed by atoms with Crippen molar-refractivity contribution in [3.63, 3.8) is 0 Å². The quantitative estimate of drug-likeness (QED) is 0.631. The number of carbonyl (C=O) groups is 1. The van der Waals surface area contributed by atoms with Gasteiger partial charge in [0.25, 0.3) is 0 Å². The summed E-state index contributed by atoms with van der Waals surface area (Å²) in [5.74, 6) is 0.158. The Morgan fingerprint density at radius 2 is 2.03 bits per heavy atom. The summed E-state index contributed by atoms with van der Waals surface area (Å²) in [5.41, 5.74) is 4.20. The van der Waals surface area contributed by atoms with E-state index >= 15 is 0 Å². The first kappa shape index (κ1) is 19.2. The molecule has 8 nitrogen and oxygen atoms in total. The van der Waals surface area contributed by atoms with Gasteiger partial charge in [-0.1, -0.05) is 32.9 Å². The van der Waals surface area contributed by atoms with E-state index < -0.39 is 5.69 Å². The van der Waals surface area contributed by atoms with Crippen LogP contribution in [-0.4, -0.2) is 30.9 Å². The molecule has 0 aliphatic heterocycles. The molecule has 1 aliphatic rings. The molecule has 0 fully saturated rings. The third-order valence-electron chi connectivity index (χ3n) is 5.37. The van der Waals surface area contributed by atoms with E-state index in [-0.39, 0.29) is 23.8 Å². The molecule has 152 valence electrons. The Kier molecular flexibility index (Phi) is 4.86. The summed E-state index contributed by atoms with van der Waals surface area (Å²) in [6.07, 6.45) is 4.66. The predicted molar refractivity (Wildman–Crippen MR) is 109 cm³/mol. The average Bonchev–Trinajstić information content (AvgIpc) is 3.28. The molecule has 1 aliphatic carbocycles. The number of nitrogens with zero attached hydrogens (tertiary/aromatic N) is 3. The number of fused-ring (bicyclic) bond motifs is 1. The zero-order valence-corrected chi connectivity index (χ0v) is 17.0. The van der Waals surface area contributed by atoms with Gasteiger partial charge >= 0.3 is 5.69 Å². The van der Waals surface area contributed by atoms with Crippen molar-refractivity contribution >= 4 is 5.91 Å². The maximum Gasteiger partial charge on any atom is 0.340 e. The van der Waals surface area contributed by atoms with Crippen LogP contribution in [-0.2, 0) is 23.1 Å². The normalized spacial score (nSPS) is 16.4. The first-order valence-electron chi connectivity index (χ1n) is 9.92. The number of H-pyrrole nitrogens is 2. The predicted octanol–water partition coefficient (Wildman–Crippen LogP) is 2.32. The molecule has 3 aromatic rings. The van der Waals surface area contributed by atoms with E-state index in [2.05, 4.69) is 70.6 Å². The van der Waals surface area contributed by atoms with Crippen LogP contribution in [0.4, 0.5) is 0 Å². The van der Waals surface area contributed by atoms with Crippen molar-refractivity contribution in [2.24, 2.45) is 0 Å². The van der Waals surface area contributed by atoms with Crippen LogP contribution < -0.4 is 11.0 Å². The van der Waals surface area contributed by atoms with Crippen molar-refractivity contribution in [3.8, 4) is 5.69 Å². The number of aromatic nitrogens is 5. The molecule has 1 amide bonds. The standard InChI is InChI=1S/C21H26N6O2/c1-21(2,3)13-7-9-14(10-8-13)27-17-6-4-5-16(15(17)12-22-27)23-19(28)11-18-24-20(29)26-25-18/h7-10,12,16H,4-6,11H2,1-3H3,(H,23,28)(H2,24,25,26,29)/t16-/m0/s1. The maximum atomic E-state index is 12.4. The van der Waals surface area contributed by atoms with Gasteiger partial charge in [0.05, 0.1) is 24.3 Å². The molecule has 2 heterocycles. The van der Waals surface area contributed by atoms with Gasteiger partial charge in [0.2, 0.25) is 5.91 Å². The van der Waals surface area contributed by atoms with Crippen molar-refractivity contribution in [3.05, 3.63) is 63.6 Å². The van der Waals surface area contributed by atoms with Crippen molar-refractivity contribution < 1.29 is 4.79 Å². The maximum absolute atomic E-state index is 12.4. The van der Waals surface area contributed by atoms with Gasteiger partial charge in [0.1, 0.15) is 5.82 Å². The van der Waals surface area contributed by atoms with Crippen LogP contribution in [0.15, 0.2) is 35.3 Å². The SMILES string of the molecule is CC(C)(C)c1ccc(-n2ncc3c2CCC[C@@H]3NC(=O)Cc2n[nH]c(=O)[nH]2)cc1. The third-order valence-corrected chi connectivity index (χ3v) is 5.37. The summed E-state index contributed by atoms with van der Waals surface area (Å²) in [6, 6.07) is 8.42. The van der Waals surface area contributed by atoms with Gasteiger partial charge in [-0.25, -0.2) is 14.6 Å². The summed E-state index contributed by atoms with van der Waals surface area (Å²) in [6.45, 7) is 6.59. The Morgan fingerprint density at radius 1 is 1.28 bits per heavy atom. The minimum atomic E-state index is -0.411. The molecule has 2 aromatic heterocycles. The molecule has 0 saturated carbocycles. The first-order chi connectivity index (χ1) is 13.8. The molecule has 1 aromatic carbocycles. The highest BCUT2D eigenvalue weighted by Gasteiger charge is 2.26. The summed E-state index contributed by atoms with van der Waals surface area (Å²) < 4.78 is 1.98. The molecular weight excluding hydrogens is 368 g/mol. The lowest BCUT2D eigenvalue weighted by molar-refractivity contribution is -0.121. The van der Waals surface area contributed by atoms with Crippen LogP contribution in [0.5, 0.6) is 0 Å². The third kappa shape index (κ3) is 4.01. The second-order valence-corrected chi connectivity index (χ2v) is 8.57. The van der Waals surface area contributed by atoms with Crippen LogP contribution in [0.1, 0.15) is 62.3 Å². The Balaban J connectivity index is 1.53. The minimum Gasteiger partial charge on any atom is -0.349 e. The van der Waals surface area contributed by atoms with Gasteiger partial charge in [0, 0.05) is 11.3 Å². The zero-order valence-electron chi connectivity index (χ0n) is 17.0. The average molecular weight is 394 g/mol. The molecule has 8 heteroatoms. The van der Waals surface area contributed by atoms with Crippen molar-refractivity contribution in [2.75, 3.05) is 0 Å². The van der Waals surface area contributed by atoms with Gasteiger partial charge in [-0.05, 0) is 42.4 Å². The molecule has 0 unspecified atom stereocenters. The Morgan fingerprint density at radius 3 is 2.69 bits per heavy atom. The fraction of sp³-hybridized carbons (Fsp3) is 0.429. The Bertz CT molecular complexity index is 1070. The number of nitrogens with one attached hydrogen (secondary N) is 3. The molecule has 0 saturated heterocycles. The van der Waals surface area contributed by atoms with Crippen LogP contribution in [0, 0.1) is 0 Å². The minimum absolute atomic E-state index is 0.0347. The van der Waals surface area contributed by atoms with E-state index in [1.807, 2.05) is 10.9 Å². The number of carbonyl (C=O) groups excluding carboxylic acids is 1. The molecule has 3 N–H and O–H groups in total. The highest BCUT2D eigenvalue weighted by Crippen LogP contribution is 2.31. The summed E-state index contributed by atoms with van der Waals surface area (Å²) in [4.78, 5) is 26.0. The van der Waals surface area contributed by atoms with Gasteiger partial charge in [-0.2, -0.15) is 10.2 Å². The van der Waals surface area contributed by atoms with Crippen LogP contribution >= 0.6 is 0 Å². The van der Waals surface area contributed by atoms with E-state index in [1.54, 1.807) is 0 Å². The number of benzene rings is 1. The van der Waals surface area contributed by atoms with Crippen molar-refractivity contribution in [1.82, 2.24) is 30.3 Å². The molecule has 29 heavy (non-hydrogen) atoms. The van der Waals surface area contributed by atoms with E-state index in [0.717, 1.165) is 36.2 Å². The van der Waals surface area contributed by atoms with E-state index in [4.69, 9.17) is 0 Å². The van der Waals surface area contributed by atoms with E-state index in [1.165, 1.54) is 5.56 Å². The van der Waals surface area contributed by atoms with Crippen molar-refractivity contribution in [2.45, 2.75) is 57.9 Å². The molecule has 0 spiro atoms. The monoisotopic (exact) mass is 394 g/mol. The van der Waals surface area contributed by atoms with E-state index in [0.29, 0.717) is 5.82 Å². The Labute approximate surface area is 168 Å².